The summed E-state index contributed by atoms with van der Waals surface area (Å²) in [4.78, 5) is 8.43. The molecule has 1 aliphatic rings. The first-order chi connectivity index (χ1) is 12.7. The van der Waals surface area contributed by atoms with E-state index in [2.05, 4.69) is 69.2 Å². The molecule has 0 radical (unpaired) electrons. The van der Waals surface area contributed by atoms with Crippen molar-refractivity contribution in [3.8, 4) is 0 Å². The summed E-state index contributed by atoms with van der Waals surface area (Å²) in [5.74, 6) is 1.57. The molecule has 1 atom stereocenters. The molecule has 0 amide bonds. The number of thiophene rings is 1. The van der Waals surface area contributed by atoms with E-state index >= 15 is 0 Å². The van der Waals surface area contributed by atoms with Gasteiger partial charge < -0.3 is 10.6 Å². The Bertz CT molecular complexity index is 696. The molecule has 0 saturated carbocycles. The Morgan fingerprint density at radius 2 is 2.12 bits per heavy atom. The average Bonchev–Trinajstić information content (AvgIpc) is 3.16. The lowest BCUT2D eigenvalue weighted by Gasteiger charge is -2.32. The zero-order valence-corrected chi connectivity index (χ0v) is 16.7. The Morgan fingerprint density at radius 3 is 2.88 bits per heavy atom. The van der Waals surface area contributed by atoms with Gasteiger partial charge in [-0.1, -0.05) is 30.3 Å². The van der Waals surface area contributed by atoms with Crippen molar-refractivity contribution >= 4 is 17.3 Å². The second kappa shape index (κ2) is 9.74. The van der Waals surface area contributed by atoms with Gasteiger partial charge in [0.05, 0.1) is 0 Å². The van der Waals surface area contributed by atoms with Crippen LogP contribution in [0.4, 0.5) is 0 Å². The van der Waals surface area contributed by atoms with Crippen LogP contribution in [0, 0.1) is 12.8 Å². The van der Waals surface area contributed by atoms with Crippen LogP contribution in [0.15, 0.2) is 46.8 Å². The Balaban J connectivity index is 1.43. The van der Waals surface area contributed by atoms with E-state index in [1.165, 1.54) is 41.9 Å². The van der Waals surface area contributed by atoms with Gasteiger partial charge in [-0.3, -0.25) is 9.89 Å². The lowest BCUT2D eigenvalue weighted by molar-refractivity contribution is 0.169. The van der Waals surface area contributed by atoms with Gasteiger partial charge in [-0.15, -0.1) is 11.3 Å². The molecular formula is C21H30N4S. The topological polar surface area (TPSA) is 39.7 Å². The Kier molecular flexibility index (Phi) is 7.09. The number of hydrogen-bond acceptors (Lipinski definition) is 3. The van der Waals surface area contributed by atoms with E-state index < -0.39 is 0 Å². The number of aryl methyl sites for hydroxylation is 1. The Morgan fingerprint density at radius 1 is 1.23 bits per heavy atom. The van der Waals surface area contributed by atoms with Gasteiger partial charge >= 0.3 is 0 Å². The van der Waals surface area contributed by atoms with Crippen molar-refractivity contribution in [3.63, 3.8) is 0 Å². The van der Waals surface area contributed by atoms with E-state index in [0.29, 0.717) is 5.92 Å². The van der Waals surface area contributed by atoms with Crippen LogP contribution < -0.4 is 10.6 Å². The molecule has 1 aromatic heterocycles. The number of guanidine groups is 1. The number of hydrogen-bond donors (Lipinski definition) is 2. The van der Waals surface area contributed by atoms with Crippen molar-refractivity contribution in [2.45, 2.75) is 32.9 Å². The van der Waals surface area contributed by atoms with Gasteiger partial charge in [-0.25, -0.2) is 0 Å². The average molecular weight is 371 g/mol. The number of benzene rings is 1. The van der Waals surface area contributed by atoms with Gasteiger partial charge in [0.2, 0.25) is 0 Å². The van der Waals surface area contributed by atoms with Crippen molar-refractivity contribution < 1.29 is 0 Å². The molecule has 0 bridgehead atoms. The summed E-state index contributed by atoms with van der Waals surface area (Å²) in [6.07, 6.45) is 2.58. The summed E-state index contributed by atoms with van der Waals surface area (Å²) in [6, 6.07) is 12.9. The number of nitrogens with one attached hydrogen (secondary N) is 2. The van der Waals surface area contributed by atoms with E-state index in [9.17, 15) is 0 Å². The van der Waals surface area contributed by atoms with E-state index in [0.717, 1.165) is 25.6 Å². The summed E-state index contributed by atoms with van der Waals surface area (Å²) in [7, 11) is 1.84. The first-order valence-electron chi connectivity index (χ1n) is 9.48. The SMILES string of the molecule is CN=C(NCc1ccccc1C)NCC1CCCN(Cc2cccs2)C1. The van der Waals surface area contributed by atoms with Crippen LogP contribution in [-0.4, -0.2) is 37.5 Å². The molecule has 140 valence electrons. The molecule has 2 heterocycles. The highest BCUT2D eigenvalue weighted by Gasteiger charge is 2.20. The van der Waals surface area contributed by atoms with Crippen molar-refractivity contribution in [1.82, 2.24) is 15.5 Å². The maximum atomic E-state index is 4.38. The van der Waals surface area contributed by atoms with Gasteiger partial charge in [0, 0.05) is 38.1 Å². The second-order valence-corrected chi connectivity index (χ2v) is 8.09. The van der Waals surface area contributed by atoms with E-state index in [1.54, 1.807) is 0 Å². The van der Waals surface area contributed by atoms with Crippen molar-refractivity contribution in [2.24, 2.45) is 10.9 Å². The fraction of sp³-hybridized carbons (Fsp3) is 0.476. The van der Waals surface area contributed by atoms with Crippen LogP contribution in [0.1, 0.15) is 28.8 Å². The monoisotopic (exact) mass is 370 g/mol. The Hall–Kier alpha value is -1.85. The lowest BCUT2D eigenvalue weighted by Crippen LogP contribution is -2.44. The third-order valence-corrected chi connectivity index (χ3v) is 5.91. The Labute approximate surface area is 161 Å². The van der Waals surface area contributed by atoms with Gasteiger partial charge in [-0.2, -0.15) is 0 Å². The summed E-state index contributed by atoms with van der Waals surface area (Å²) in [5.41, 5.74) is 2.63. The third-order valence-electron chi connectivity index (χ3n) is 5.05. The highest BCUT2D eigenvalue weighted by molar-refractivity contribution is 7.09. The summed E-state index contributed by atoms with van der Waals surface area (Å²) in [6.45, 7) is 7.41. The standard InChI is InChI=1S/C21H30N4S/c1-17-7-3-4-9-19(17)14-24-21(22-2)23-13-18-8-5-11-25(15-18)16-20-10-6-12-26-20/h3-4,6-7,9-10,12,18H,5,8,11,13-16H2,1-2H3,(H2,22,23,24). The molecule has 4 nitrogen and oxygen atoms in total. The largest absolute Gasteiger partial charge is 0.356 e. The molecule has 0 spiro atoms. The number of aliphatic imine (C=N–C) groups is 1. The minimum absolute atomic E-state index is 0.681. The van der Waals surface area contributed by atoms with E-state index in [4.69, 9.17) is 0 Å². The normalized spacial score (nSPS) is 18.7. The van der Waals surface area contributed by atoms with Crippen molar-refractivity contribution in [2.75, 3.05) is 26.7 Å². The van der Waals surface area contributed by atoms with Crippen LogP contribution in [-0.2, 0) is 13.1 Å². The van der Waals surface area contributed by atoms with Crippen LogP contribution in [0.3, 0.4) is 0 Å². The predicted octanol–water partition coefficient (Wildman–Crippen LogP) is 3.63. The maximum absolute atomic E-state index is 4.38. The van der Waals surface area contributed by atoms with Crippen LogP contribution in [0.2, 0.25) is 0 Å². The molecule has 2 aromatic rings. The maximum Gasteiger partial charge on any atom is 0.191 e. The number of rotatable bonds is 6. The highest BCUT2D eigenvalue weighted by Crippen LogP contribution is 2.20. The zero-order chi connectivity index (χ0) is 18.2. The van der Waals surface area contributed by atoms with Crippen molar-refractivity contribution in [3.05, 3.63) is 57.8 Å². The number of piperidine rings is 1. The molecule has 1 unspecified atom stereocenters. The van der Waals surface area contributed by atoms with Crippen LogP contribution in [0.25, 0.3) is 0 Å². The molecule has 1 saturated heterocycles. The van der Waals surface area contributed by atoms with Crippen LogP contribution >= 0.6 is 11.3 Å². The van der Waals surface area contributed by atoms with Gasteiger partial charge in [0.15, 0.2) is 5.96 Å². The minimum Gasteiger partial charge on any atom is -0.356 e. The van der Waals surface area contributed by atoms with E-state index in [1.807, 2.05) is 18.4 Å². The van der Waals surface area contributed by atoms with Gasteiger partial charge in [-0.05, 0) is 54.8 Å². The molecule has 1 aromatic carbocycles. The molecule has 26 heavy (non-hydrogen) atoms. The van der Waals surface area contributed by atoms with E-state index in [-0.39, 0.29) is 0 Å². The quantitative estimate of drug-likeness (QED) is 0.602. The van der Waals surface area contributed by atoms with Gasteiger partial charge in [0.1, 0.15) is 0 Å². The molecule has 2 N–H and O–H groups in total. The molecular weight excluding hydrogens is 340 g/mol. The molecule has 0 aliphatic carbocycles. The first kappa shape index (κ1) is 18.9. The fourth-order valence-electron chi connectivity index (χ4n) is 3.53. The summed E-state index contributed by atoms with van der Waals surface area (Å²) >= 11 is 1.86. The summed E-state index contributed by atoms with van der Waals surface area (Å²) in [5, 5.41) is 9.13. The second-order valence-electron chi connectivity index (χ2n) is 7.06. The predicted molar refractivity (Wildman–Crippen MR) is 112 cm³/mol. The minimum atomic E-state index is 0.681. The molecule has 3 rings (SSSR count). The smallest absolute Gasteiger partial charge is 0.191 e. The number of likely N-dealkylation sites (tertiary alicyclic amines) is 1. The molecule has 5 heteroatoms. The summed E-state index contributed by atoms with van der Waals surface area (Å²) < 4.78 is 0. The first-order valence-corrected chi connectivity index (χ1v) is 10.4. The zero-order valence-electron chi connectivity index (χ0n) is 15.9. The number of nitrogens with zero attached hydrogens (tertiary/aromatic N) is 2. The van der Waals surface area contributed by atoms with Gasteiger partial charge in [0.25, 0.3) is 0 Å². The third kappa shape index (κ3) is 5.58. The van der Waals surface area contributed by atoms with Crippen molar-refractivity contribution in [1.29, 1.82) is 0 Å². The highest BCUT2D eigenvalue weighted by atomic mass is 32.1. The van der Waals surface area contributed by atoms with Crippen LogP contribution in [0.5, 0.6) is 0 Å². The molecule has 1 fully saturated rings. The fourth-order valence-corrected chi connectivity index (χ4v) is 4.28. The molecule has 1 aliphatic heterocycles. The lowest BCUT2D eigenvalue weighted by atomic mass is 9.98.